The van der Waals surface area contributed by atoms with Crippen LogP contribution < -0.4 is 15.9 Å². The first-order valence-electron chi connectivity index (χ1n) is 9.68. The van der Waals surface area contributed by atoms with Gasteiger partial charge in [0.25, 0.3) is 0 Å². The SMILES string of the molecule is CSc1ccc(CP(Br)(c2ccccc2)(c2ccccc2)c2ccccc2)cc1. The quantitative estimate of drug-likeness (QED) is 0.218. The van der Waals surface area contributed by atoms with E-state index in [4.69, 9.17) is 0 Å². The predicted octanol–water partition coefficient (Wildman–Crippen LogP) is 6.75. The second kappa shape index (κ2) is 8.48. The number of thioether (sulfide) groups is 1. The zero-order valence-electron chi connectivity index (χ0n) is 16.4. The summed E-state index contributed by atoms with van der Waals surface area (Å²) in [6.45, 7) is 0. The van der Waals surface area contributed by atoms with Crippen LogP contribution in [-0.4, -0.2) is 6.26 Å². The maximum atomic E-state index is 4.52. The molecule has 4 rings (SSSR count). The number of hydrogen-bond donors (Lipinski definition) is 0. The third-order valence-electron chi connectivity index (χ3n) is 5.52. The van der Waals surface area contributed by atoms with Crippen molar-refractivity contribution in [2.24, 2.45) is 0 Å². The van der Waals surface area contributed by atoms with Gasteiger partial charge in [-0.05, 0) is 0 Å². The molecule has 0 bridgehead atoms. The van der Waals surface area contributed by atoms with Crippen LogP contribution in [0, 0.1) is 0 Å². The van der Waals surface area contributed by atoms with E-state index in [1.807, 2.05) is 0 Å². The van der Waals surface area contributed by atoms with Crippen LogP contribution in [-0.2, 0) is 6.16 Å². The summed E-state index contributed by atoms with van der Waals surface area (Å²) in [5.74, 6) is 0. The molecule has 146 valence electrons. The third kappa shape index (κ3) is 3.70. The molecule has 0 radical (unpaired) electrons. The zero-order valence-corrected chi connectivity index (χ0v) is 19.7. The fraction of sp³-hybridized carbons (Fsp3) is 0.0769. The Hall–Kier alpha value is -1.86. The van der Waals surface area contributed by atoms with E-state index in [-0.39, 0.29) is 0 Å². The molecule has 0 aromatic heterocycles. The van der Waals surface area contributed by atoms with Gasteiger partial charge in [0.05, 0.1) is 0 Å². The zero-order chi connectivity index (χ0) is 20.2. The van der Waals surface area contributed by atoms with Crippen molar-refractivity contribution >= 4 is 48.5 Å². The topological polar surface area (TPSA) is 0 Å². The molecule has 3 heteroatoms. The fourth-order valence-corrected chi connectivity index (χ4v) is 12.1. The Labute approximate surface area is 186 Å². The summed E-state index contributed by atoms with van der Waals surface area (Å²) in [6, 6.07) is 41.9. The number of halogens is 1. The summed E-state index contributed by atoms with van der Waals surface area (Å²) in [6.07, 6.45) is 3.05. The van der Waals surface area contributed by atoms with Crippen LogP contribution in [0.4, 0.5) is 0 Å². The van der Waals surface area contributed by atoms with Gasteiger partial charge in [-0.3, -0.25) is 0 Å². The molecular formula is C26H24BrPS. The van der Waals surface area contributed by atoms with E-state index in [0.29, 0.717) is 0 Å². The summed E-state index contributed by atoms with van der Waals surface area (Å²) in [5, 5.41) is 1.15. The Morgan fingerprint density at radius 1 is 0.586 bits per heavy atom. The first-order valence-corrected chi connectivity index (χ1v) is 15.3. The van der Waals surface area contributed by atoms with Gasteiger partial charge in [-0.25, -0.2) is 0 Å². The predicted molar refractivity (Wildman–Crippen MR) is 136 cm³/mol. The van der Waals surface area contributed by atoms with Crippen LogP contribution in [0.25, 0.3) is 0 Å². The summed E-state index contributed by atoms with van der Waals surface area (Å²) >= 11 is 6.30. The molecule has 4 aromatic rings. The first kappa shape index (κ1) is 20.4. The molecule has 0 aliphatic rings. The van der Waals surface area contributed by atoms with Gasteiger partial charge in [0.2, 0.25) is 0 Å². The second-order valence-corrected chi connectivity index (χ2v) is 17.0. The van der Waals surface area contributed by atoms with E-state index >= 15 is 0 Å². The van der Waals surface area contributed by atoms with Crippen LogP contribution in [0.2, 0.25) is 0 Å². The van der Waals surface area contributed by atoms with Gasteiger partial charge < -0.3 is 0 Å². The molecule has 4 aromatic carbocycles. The van der Waals surface area contributed by atoms with E-state index in [1.54, 1.807) is 11.8 Å². The van der Waals surface area contributed by atoms with Crippen molar-refractivity contribution in [2.75, 3.05) is 6.26 Å². The van der Waals surface area contributed by atoms with Gasteiger partial charge in [0, 0.05) is 0 Å². The molecular weight excluding hydrogens is 455 g/mol. The average Bonchev–Trinajstić information content (AvgIpc) is 2.81. The summed E-state index contributed by atoms with van der Waals surface area (Å²) in [4.78, 5) is 1.29. The van der Waals surface area contributed by atoms with Gasteiger partial charge in [0.15, 0.2) is 0 Å². The van der Waals surface area contributed by atoms with Gasteiger partial charge in [-0.1, -0.05) is 0 Å². The van der Waals surface area contributed by atoms with Gasteiger partial charge in [-0.15, -0.1) is 0 Å². The Morgan fingerprint density at radius 2 is 0.966 bits per heavy atom. The van der Waals surface area contributed by atoms with Crippen molar-refractivity contribution in [3.8, 4) is 0 Å². The summed E-state index contributed by atoms with van der Waals surface area (Å²) in [7, 11) is 0. The van der Waals surface area contributed by atoms with Crippen LogP contribution in [0.3, 0.4) is 0 Å². The van der Waals surface area contributed by atoms with Crippen LogP contribution in [0.15, 0.2) is 120 Å². The normalized spacial score (nSPS) is 12.8. The molecule has 0 atom stereocenters. The summed E-state index contributed by atoms with van der Waals surface area (Å²) < 4.78 is 0. The van der Waals surface area contributed by atoms with Crippen molar-refractivity contribution < 1.29 is 0 Å². The fourth-order valence-electron chi connectivity index (χ4n) is 4.01. The van der Waals surface area contributed by atoms with Crippen molar-refractivity contribution in [1.82, 2.24) is 0 Å². The Kier molecular flexibility index (Phi) is 5.97. The number of hydrogen-bond acceptors (Lipinski definition) is 1. The number of rotatable bonds is 6. The standard InChI is InChI=1S/C26H24BrPS/c1-29-26-19-17-22(18-20-26)21-28(27,23-11-5-2-6-12-23,24-13-7-3-8-14-24)25-15-9-4-10-16-25/h2-20H,21H2,1H3. The molecule has 0 saturated carbocycles. The summed E-state index contributed by atoms with van der Waals surface area (Å²) in [5.41, 5.74) is 1.34. The third-order valence-corrected chi connectivity index (χ3v) is 15.8. The molecule has 29 heavy (non-hydrogen) atoms. The van der Waals surface area contributed by atoms with Crippen LogP contribution >= 0.6 is 32.6 Å². The molecule has 0 amide bonds. The van der Waals surface area contributed by atoms with E-state index in [2.05, 4.69) is 137 Å². The molecule has 0 aliphatic heterocycles. The van der Waals surface area contributed by atoms with Crippen molar-refractivity contribution in [3.05, 3.63) is 121 Å². The maximum absolute atomic E-state index is 4.52. The molecule has 0 nitrogen and oxygen atoms in total. The molecule has 0 aliphatic carbocycles. The first-order chi connectivity index (χ1) is 14.1. The molecule has 0 N–H and O–H groups in total. The van der Waals surface area contributed by atoms with E-state index in [9.17, 15) is 0 Å². The second-order valence-electron chi connectivity index (χ2n) is 7.20. The van der Waals surface area contributed by atoms with Gasteiger partial charge >= 0.3 is 187 Å². The van der Waals surface area contributed by atoms with Crippen molar-refractivity contribution in [2.45, 2.75) is 11.1 Å². The average molecular weight is 479 g/mol. The van der Waals surface area contributed by atoms with E-state index < -0.39 is 5.31 Å². The minimum absolute atomic E-state index is 0.929. The van der Waals surface area contributed by atoms with Crippen molar-refractivity contribution in [1.29, 1.82) is 0 Å². The van der Waals surface area contributed by atoms with Gasteiger partial charge in [-0.2, -0.15) is 0 Å². The molecule has 0 fully saturated rings. The monoisotopic (exact) mass is 478 g/mol. The van der Waals surface area contributed by atoms with E-state index in [0.717, 1.165) is 6.16 Å². The van der Waals surface area contributed by atoms with E-state index in [1.165, 1.54) is 26.4 Å². The van der Waals surface area contributed by atoms with Gasteiger partial charge in [0.1, 0.15) is 0 Å². The van der Waals surface area contributed by atoms with Crippen LogP contribution in [0.5, 0.6) is 0 Å². The minimum atomic E-state index is -2.90. The molecule has 0 unspecified atom stereocenters. The Bertz CT molecular complexity index is 965. The molecule has 0 heterocycles. The van der Waals surface area contributed by atoms with Crippen LogP contribution in [0.1, 0.15) is 5.56 Å². The Morgan fingerprint density at radius 3 is 1.31 bits per heavy atom. The molecule has 0 spiro atoms. The molecule has 0 saturated heterocycles. The Balaban J connectivity index is 2.03. The van der Waals surface area contributed by atoms with Crippen molar-refractivity contribution in [3.63, 3.8) is 0 Å². The number of benzene rings is 4.